The highest BCUT2D eigenvalue weighted by Gasteiger charge is 2.29. The molecule has 0 bridgehead atoms. The fourth-order valence-corrected chi connectivity index (χ4v) is 4.01. The number of nitrogens with zero attached hydrogens (tertiary/aromatic N) is 2. The molecule has 0 saturated heterocycles. The van der Waals surface area contributed by atoms with Crippen molar-refractivity contribution in [3.8, 4) is 0 Å². The average molecular weight is 306 g/mol. The quantitative estimate of drug-likeness (QED) is 0.792. The minimum absolute atomic E-state index is 0.00748. The number of hydrogen-bond acceptors (Lipinski definition) is 4. The van der Waals surface area contributed by atoms with Crippen LogP contribution in [0.25, 0.3) is 0 Å². The summed E-state index contributed by atoms with van der Waals surface area (Å²) in [5, 5.41) is 10.7. The first-order valence-electron chi connectivity index (χ1n) is 6.26. The van der Waals surface area contributed by atoms with Crippen molar-refractivity contribution >= 4 is 21.5 Å². The summed E-state index contributed by atoms with van der Waals surface area (Å²) in [5.41, 5.74) is 0. The van der Waals surface area contributed by atoms with Gasteiger partial charge in [-0.15, -0.1) is 11.3 Å². The third-order valence-corrected chi connectivity index (χ3v) is 5.76. The molecule has 7 heteroatoms. The van der Waals surface area contributed by atoms with Crippen LogP contribution in [0.1, 0.15) is 25.1 Å². The molecule has 110 valence electrons. The number of thiophene rings is 1. The first-order valence-corrected chi connectivity index (χ1v) is 8.53. The Morgan fingerprint density at radius 2 is 2.11 bits per heavy atom. The van der Waals surface area contributed by atoms with Crippen LogP contribution in [-0.4, -0.2) is 48.4 Å². The van der Waals surface area contributed by atoms with Crippen LogP contribution in [0.3, 0.4) is 0 Å². The Labute approximate surface area is 119 Å². The van der Waals surface area contributed by atoms with Gasteiger partial charge in [0, 0.05) is 37.7 Å². The Morgan fingerprint density at radius 3 is 2.58 bits per heavy atom. The lowest BCUT2D eigenvalue weighted by molar-refractivity contribution is 0.266. The Hall–Kier alpha value is -0.470. The lowest BCUT2D eigenvalue weighted by Crippen LogP contribution is -2.45. The first-order chi connectivity index (χ1) is 8.89. The van der Waals surface area contributed by atoms with E-state index < -0.39 is 10.2 Å². The molecule has 19 heavy (non-hydrogen) atoms. The molecule has 0 fully saturated rings. The summed E-state index contributed by atoms with van der Waals surface area (Å²) in [6.07, 6.45) is 0.445. The van der Waals surface area contributed by atoms with Gasteiger partial charge in [0.25, 0.3) is 10.2 Å². The third-order valence-electron chi connectivity index (χ3n) is 2.79. The van der Waals surface area contributed by atoms with Crippen molar-refractivity contribution in [3.05, 3.63) is 22.4 Å². The van der Waals surface area contributed by atoms with Crippen LogP contribution >= 0.6 is 11.3 Å². The van der Waals surface area contributed by atoms with Gasteiger partial charge in [0.15, 0.2) is 0 Å². The highest BCUT2D eigenvalue weighted by Crippen LogP contribution is 2.19. The maximum atomic E-state index is 12.5. The molecule has 0 amide bonds. The van der Waals surface area contributed by atoms with Gasteiger partial charge in [0.2, 0.25) is 0 Å². The minimum Gasteiger partial charge on any atom is -0.396 e. The van der Waals surface area contributed by atoms with Crippen LogP contribution < -0.4 is 0 Å². The topological polar surface area (TPSA) is 60.9 Å². The maximum absolute atomic E-state index is 12.5. The van der Waals surface area contributed by atoms with Crippen molar-refractivity contribution in [2.45, 2.75) is 32.9 Å². The molecular formula is C12H22N2O3S2. The van der Waals surface area contributed by atoms with Crippen LogP contribution in [0.4, 0.5) is 0 Å². The summed E-state index contributed by atoms with van der Waals surface area (Å²) in [6.45, 7) is 4.44. The van der Waals surface area contributed by atoms with Crippen molar-refractivity contribution < 1.29 is 13.5 Å². The van der Waals surface area contributed by atoms with E-state index in [2.05, 4.69) is 0 Å². The average Bonchev–Trinajstić information content (AvgIpc) is 2.85. The van der Waals surface area contributed by atoms with Crippen molar-refractivity contribution in [1.82, 2.24) is 8.61 Å². The Bertz CT molecular complexity index is 457. The van der Waals surface area contributed by atoms with Gasteiger partial charge in [-0.2, -0.15) is 17.0 Å². The Kier molecular flexibility index (Phi) is 6.41. The summed E-state index contributed by atoms with van der Waals surface area (Å²) in [4.78, 5) is 1.02. The summed E-state index contributed by atoms with van der Waals surface area (Å²) in [5.74, 6) is 0. The van der Waals surface area contributed by atoms with Crippen molar-refractivity contribution in [3.63, 3.8) is 0 Å². The summed E-state index contributed by atoms with van der Waals surface area (Å²) in [7, 11) is -1.94. The van der Waals surface area contributed by atoms with Crippen molar-refractivity contribution in [2.75, 3.05) is 20.2 Å². The van der Waals surface area contributed by atoms with Gasteiger partial charge in [-0.1, -0.05) is 6.07 Å². The van der Waals surface area contributed by atoms with Gasteiger partial charge in [-0.05, 0) is 31.7 Å². The molecule has 0 radical (unpaired) electrons. The van der Waals surface area contributed by atoms with E-state index in [1.54, 1.807) is 18.4 Å². The zero-order valence-electron chi connectivity index (χ0n) is 11.6. The molecule has 1 aromatic rings. The van der Waals surface area contributed by atoms with E-state index in [1.807, 2.05) is 31.4 Å². The predicted molar refractivity (Wildman–Crippen MR) is 78.3 cm³/mol. The van der Waals surface area contributed by atoms with E-state index in [0.29, 0.717) is 19.5 Å². The SMILES string of the molecule is CC(C)N(Cc1cccs1)S(=O)(=O)N(C)CCCO. The molecule has 0 aromatic carbocycles. The highest BCUT2D eigenvalue weighted by atomic mass is 32.2. The molecule has 0 aliphatic rings. The molecule has 1 aromatic heterocycles. The maximum Gasteiger partial charge on any atom is 0.282 e. The van der Waals surface area contributed by atoms with Gasteiger partial charge in [0.1, 0.15) is 0 Å². The second-order valence-electron chi connectivity index (χ2n) is 4.62. The molecule has 5 nitrogen and oxygen atoms in total. The van der Waals surface area contributed by atoms with E-state index >= 15 is 0 Å². The number of hydrogen-bond donors (Lipinski definition) is 1. The fourth-order valence-electron chi connectivity index (χ4n) is 1.67. The van der Waals surface area contributed by atoms with Gasteiger partial charge in [0.05, 0.1) is 0 Å². The summed E-state index contributed by atoms with van der Waals surface area (Å²) < 4.78 is 27.7. The second kappa shape index (κ2) is 7.35. The van der Waals surface area contributed by atoms with Crippen LogP contribution in [0.15, 0.2) is 17.5 Å². The molecule has 1 rings (SSSR count). The lowest BCUT2D eigenvalue weighted by Gasteiger charge is -2.30. The van der Waals surface area contributed by atoms with Crippen LogP contribution in [-0.2, 0) is 16.8 Å². The monoisotopic (exact) mass is 306 g/mol. The Morgan fingerprint density at radius 1 is 1.42 bits per heavy atom. The van der Waals surface area contributed by atoms with E-state index in [-0.39, 0.29) is 12.6 Å². The minimum atomic E-state index is -3.49. The van der Waals surface area contributed by atoms with Crippen LogP contribution in [0.5, 0.6) is 0 Å². The van der Waals surface area contributed by atoms with Gasteiger partial charge >= 0.3 is 0 Å². The van der Waals surface area contributed by atoms with E-state index in [4.69, 9.17) is 5.11 Å². The lowest BCUT2D eigenvalue weighted by atomic mass is 10.4. The molecular weight excluding hydrogens is 284 g/mol. The zero-order valence-corrected chi connectivity index (χ0v) is 13.2. The van der Waals surface area contributed by atoms with Crippen LogP contribution in [0, 0.1) is 0 Å². The second-order valence-corrected chi connectivity index (χ2v) is 7.65. The normalized spacial score (nSPS) is 12.8. The molecule has 0 aliphatic heterocycles. The van der Waals surface area contributed by atoms with E-state index in [9.17, 15) is 8.42 Å². The molecule has 0 spiro atoms. The van der Waals surface area contributed by atoms with Crippen molar-refractivity contribution in [2.24, 2.45) is 0 Å². The Balaban J connectivity index is 2.85. The third kappa shape index (κ3) is 4.54. The largest absolute Gasteiger partial charge is 0.396 e. The molecule has 1 N–H and O–H groups in total. The number of aliphatic hydroxyl groups excluding tert-OH is 1. The predicted octanol–water partition coefficient (Wildman–Crippen LogP) is 1.52. The van der Waals surface area contributed by atoms with E-state index in [1.165, 1.54) is 8.61 Å². The van der Waals surface area contributed by atoms with Crippen molar-refractivity contribution in [1.29, 1.82) is 0 Å². The zero-order chi connectivity index (χ0) is 14.5. The molecule has 0 saturated carbocycles. The number of rotatable bonds is 8. The van der Waals surface area contributed by atoms with Gasteiger partial charge < -0.3 is 5.11 Å². The van der Waals surface area contributed by atoms with Gasteiger partial charge in [-0.25, -0.2) is 0 Å². The van der Waals surface area contributed by atoms with Gasteiger partial charge in [-0.3, -0.25) is 0 Å². The summed E-state index contributed by atoms with van der Waals surface area (Å²) in [6, 6.07) is 3.74. The smallest absolute Gasteiger partial charge is 0.282 e. The highest BCUT2D eigenvalue weighted by molar-refractivity contribution is 7.86. The molecule has 0 atom stereocenters. The molecule has 0 aliphatic carbocycles. The molecule has 1 heterocycles. The van der Waals surface area contributed by atoms with Crippen LogP contribution in [0.2, 0.25) is 0 Å². The first kappa shape index (κ1) is 16.6. The fraction of sp³-hybridized carbons (Fsp3) is 0.667. The summed E-state index contributed by atoms with van der Waals surface area (Å²) >= 11 is 1.55. The number of aliphatic hydroxyl groups is 1. The molecule has 0 unspecified atom stereocenters. The standard InChI is InChI=1S/C12H22N2O3S2/c1-11(2)14(10-12-6-4-9-18-12)19(16,17)13(3)7-5-8-15/h4,6,9,11,15H,5,7-8,10H2,1-3H3. The van der Waals surface area contributed by atoms with E-state index in [0.717, 1.165) is 4.88 Å².